The van der Waals surface area contributed by atoms with Gasteiger partial charge in [0.15, 0.2) is 11.5 Å². The molecule has 0 saturated heterocycles. The summed E-state index contributed by atoms with van der Waals surface area (Å²) in [5.41, 5.74) is 3.42. The first-order chi connectivity index (χ1) is 19.0. The van der Waals surface area contributed by atoms with Crippen LogP contribution in [-0.2, 0) is 9.53 Å². The van der Waals surface area contributed by atoms with Crippen LogP contribution in [-0.4, -0.2) is 63.3 Å². The fourth-order valence-electron chi connectivity index (χ4n) is 5.37. The predicted molar refractivity (Wildman–Crippen MR) is 148 cm³/mol. The molecule has 0 spiro atoms. The van der Waals surface area contributed by atoms with Gasteiger partial charge in [-0.05, 0) is 17.7 Å². The first-order valence-electron chi connectivity index (χ1n) is 12.6. The minimum Gasteiger partial charge on any atom is -0.493 e. The van der Waals surface area contributed by atoms with Crippen LogP contribution in [0.2, 0.25) is 0 Å². The number of amides is 2. The maximum absolute atomic E-state index is 14.2. The summed E-state index contributed by atoms with van der Waals surface area (Å²) in [6, 6.07) is 17.9. The topological polar surface area (TPSA) is 102 Å². The zero-order chi connectivity index (χ0) is 27.5. The number of hydrogen-bond donors (Lipinski definition) is 2. The number of aromatic amines is 1. The number of hydrogen-bond acceptors (Lipinski definition) is 6. The fourth-order valence-corrected chi connectivity index (χ4v) is 5.37. The van der Waals surface area contributed by atoms with Gasteiger partial charge in [-0.25, -0.2) is 0 Å². The van der Waals surface area contributed by atoms with Crippen LogP contribution in [0.3, 0.4) is 0 Å². The van der Waals surface area contributed by atoms with Gasteiger partial charge in [-0.2, -0.15) is 0 Å². The Kier molecular flexibility index (Phi) is 7.42. The second-order valence-electron chi connectivity index (χ2n) is 9.19. The summed E-state index contributed by atoms with van der Waals surface area (Å²) in [5.74, 6) is 0.127. The molecule has 2 heterocycles. The van der Waals surface area contributed by atoms with E-state index < -0.39 is 12.0 Å². The van der Waals surface area contributed by atoms with E-state index in [-0.39, 0.29) is 11.8 Å². The highest BCUT2D eigenvalue weighted by atomic mass is 16.5. The van der Waals surface area contributed by atoms with Crippen molar-refractivity contribution in [2.24, 2.45) is 0 Å². The van der Waals surface area contributed by atoms with Crippen LogP contribution in [0.25, 0.3) is 10.9 Å². The van der Waals surface area contributed by atoms with Gasteiger partial charge in [0.1, 0.15) is 0 Å². The van der Waals surface area contributed by atoms with Crippen LogP contribution in [0, 0.1) is 0 Å². The lowest BCUT2D eigenvalue weighted by molar-refractivity contribution is -0.119. The number of rotatable bonds is 9. The SMILES string of the molecule is COCCN1C(=O)c2ccccc2C(C(=O)Nc2cc(OC)c(OC)c(OC)c2)C1c1c[nH]c2ccccc12. The zero-order valence-corrected chi connectivity index (χ0v) is 22.3. The molecule has 2 amide bonds. The number of benzene rings is 3. The van der Waals surface area contributed by atoms with Crippen LogP contribution in [0.15, 0.2) is 66.9 Å². The highest BCUT2D eigenvalue weighted by Gasteiger charge is 2.45. The molecule has 5 rings (SSSR count). The molecule has 1 aromatic heterocycles. The number of methoxy groups -OCH3 is 4. The van der Waals surface area contributed by atoms with Crippen molar-refractivity contribution in [1.82, 2.24) is 9.88 Å². The third kappa shape index (κ3) is 4.66. The second-order valence-corrected chi connectivity index (χ2v) is 9.19. The number of H-pyrrole nitrogens is 1. The van der Waals surface area contributed by atoms with Crippen molar-refractivity contribution in [3.05, 3.63) is 83.6 Å². The Morgan fingerprint density at radius 3 is 2.31 bits per heavy atom. The van der Waals surface area contributed by atoms with Gasteiger partial charge in [-0.15, -0.1) is 0 Å². The molecule has 202 valence electrons. The van der Waals surface area contributed by atoms with E-state index in [0.29, 0.717) is 47.2 Å². The number of aromatic nitrogens is 1. The largest absolute Gasteiger partial charge is 0.493 e. The maximum atomic E-state index is 14.2. The molecular formula is C30H31N3O6. The van der Waals surface area contributed by atoms with Gasteiger partial charge in [-0.3, -0.25) is 9.59 Å². The van der Waals surface area contributed by atoms with Gasteiger partial charge in [-0.1, -0.05) is 36.4 Å². The molecule has 0 radical (unpaired) electrons. The van der Waals surface area contributed by atoms with E-state index in [1.54, 1.807) is 30.2 Å². The van der Waals surface area contributed by atoms with Gasteiger partial charge in [0, 0.05) is 59.7 Å². The van der Waals surface area contributed by atoms with Crippen LogP contribution in [0.1, 0.15) is 33.4 Å². The summed E-state index contributed by atoms with van der Waals surface area (Å²) in [7, 11) is 6.16. The number of nitrogens with zero attached hydrogens (tertiary/aromatic N) is 1. The number of nitrogens with one attached hydrogen (secondary N) is 2. The highest BCUT2D eigenvalue weighted by molar-refractivity contribution is 6.05. The van der Waals surface area contributed by atoms with E-state index in [4.69, 9.17) is 18.9 Å². The maximum Gasteiger partial charge on any atom is 0.254 e. The molecule has 1 aliphatic rings. The Morgan fingerprint density at radius 1 is 0.923 bits per heavy atom. The van der Waals surface area contributed by atoms with Gasteiger partial charge in [0.05, 0.1) is 39.9 Å². The summed E-state index contributed by atoms with van der Waals surface area (Å²) >= 11 is 0. The van der Waals surface area contributed by atoms with Crippen molar-refractivity contribution in [3.8, 4) is 17.2 Å². The lowest BCUT2D eigenvalue weighted by atomic mass is 9.79. The molecule has 2 N–H and O–H groups in total. The zero-order valence-electron chi connectivity index (χ0n) is 22.3. The van der Waals surface area contributed by atoms with Gasteiger partial charge in [0.25, 0.3) is 5.91 Å². The fraction of sp³-hybridized carbons (Fsp3) is 0.267. The first-order valence-corrected chi connectivity index (χ1v) is 12.6. The number of carbonyl (C=O) groups excluding carboxylic acids is 2. The summed E-state index contributed by atoms with van der Waals surface area (Å²) in [4.78, 5) is 33.1. The molecular weight excluding hydrogens is 498 g/mol. The van der Waals surface area contributed by atoms with Crippen molar-refractivity contribution in [2.75, 3.05) is 46.9 Å². The van der Waals surface area contributed by atoms with Gasteiger partial charge >= 0.3 is 0 Å². The molecule has 1 aliphatic heterocycles. The molecule has 0 bridgehead atoms. The second kappa shape index (κ2) is 11.1. The van der Waals surface area contributed by atoms with Crippen LogP contribution in [0.4, 0.5) is 5.69 Å². The van der Waals surface area contributed by atoms with Crippen molar-refractivity contribution >= 4 is 28.4 Å². The quantitative estimate of drug-likeness (QED) is 0.324. The van der Waals surface area contributed by atoms with Crippen molar-refractivity contribution < 1.29 is 28.5 Å². The summed E-state index contributed by atoms with van der Waals surface area (Å²) in [6.45, 7) is 0.649. The average Bonchev–Trinajstić information content (AvgIpc) is 3.39. The Labute approximate surface area is 226 Å². The Hall–Kier alpha value is -4.50. The number of para-hydroxylation sites is 1. The molecule has 0 saturated carbocycles. The number of carbonyl (C=O) groups is 2. The molecule has 2 atom stereocenters. The molecule has 0 aliphatic carbocycles. The van der Waals surface area contributed by atoms with E-state index in [2.05, 4.69) is 10.3 Å². The van der Waals surface area contributed by atoms with E-state index in [9.17, 15) is 9.59 Å². The first kappa shape index (κ1) is 26.1. The molecule has 9 heteroatoms. The summed E-state index contributed by atoms with van der Waals surface area (Å²) in [6.07, 6.45) is 1.88. The predicted octanol–water partition coefficient (Wildman–Crippen LogP) is 4.76. The van der Waals surface area contributed by atoms with Gasteiger partial charge < -0.3 is 34.1 Å². The number of anilines is 1. The Bertz CT molecular complexity index is 1490. The van der Waals surface area contributed by atoms with Crippen LogP contribution >= 0.6 is 0 Å². The molecule has 2 unspecified atom stereocenters. The van der Waals surface area contributed by atoms with E-state index in [0.717, 1.165) is 16.5 Å². The number of ether oxygens (including phenoxy) is 4. The van der Waals surface area contributed by atoms with Crippen LogP contribution < -0.4 is 19.5 Å². The third-order valence-electron chi connectivity index (χ3n) is 7.13. The normalized spacial score (nSPS) is 16.6. The van der Waals surface area contributed by atoms with Gasteiger partial charge in [0.2, 0.25) is 11.7 Å². The minimum absolute atomic E-state index is 0.144. The molecule has 39 heavy (non-hydrogen) atoms. The van der Waals surface area contributed by atoms with Crippen molar-refractivity contribution in [3.63, 3.8) is 0 Å². The average molecular weight is 530 g/mol. The molecule has 3 aromatic carbocycles. The lowest BCUT2D eigenvalue weighted by Crippen LogP contribution is -2.47. The van der Waals surface area contributed by atoms with Crippen LogP contribution in [0.5, 0.6) is 17.2 Å². The Balaban J connectivity index is 1.65. The lowest BCUT2D eigenvalue weighted by Gasteiger charge is -2.41. The Morgan fingerprint density at radius 2 is 1.62 bits per heavy atom. The van der Waals surface area contributed by atoms with E-state index >= 15 is 0 Å². The highest BCUT2D eigenvalue weighted by Crippen LogP contribution is 2.46. The standard InChI is InChI=1S/C30H31N3O6/c1-36-14-13-33-27(22-17-31-23-12-8-7-9-19(22)23)26(20-10-5-6-11-21(20)30(33)35)29(34)32-18-15-24(37-2)28(39-4)25(16-18)38-3/h5-12,15-17,26-27,31H,13-14H2,1-4H3,(H,32,34). The smallest absolute Gasteiger partial charge is 0.254 e. The molecule has 4 aromatic rings. The monoisotopic (exact) mass is 529 g/mol. The minimum atomic E-state index is -0.714. The van der Waals surface area contributed by atoms with E-state index in [1.165, 1.54) is 21.3 Å². The third-order valence-corrected chi connectivity index (χ3v) is 7.13. The van der Waals surface area contributed by atoms with Crippen molar-refractivity contribution in [1.29, 1.82) is 0 Å². The molecule has 9 nitrogen and oxygen atoms in total. The number of fused-ring (bicyclic) bond motifs is 2. The van der Waals surface area contributed by atoms with E-state index in [1.807, 2.05) is 48.7 Å². The molecule has 0 fully saturated rings. The van der Waals surface area contributed by atoms with Crippen molar-refractivity contribution in [2.45, 2.75) is 12.0 Å². The summed E-state index contributed by atoms with van der Waals surface area (Å²) in [5, 5.41) is 4.00. The summed E-state index contributed by atoms with van der Waals surface area (Å²) < 4.78 is 21.7.